The van der Waals surface area contributed by atoms with Crippen molar-refractivity contribution in [3.05, 3.63) is 23.3 Å². The van der Waals surface area contributed by atoms with E-state index in [-0.39, 0.29) is 0 Å². The van der Waals surface area contributed by atoms with E-state index in [4.69, 9.17) is 14.2 Å². The van der Waals surface area contributed by atoms with Gasteiger partial charge in [-0.05, 0) is 30.5 Å². The molecule has 0 fully saturated rings. The maximum Gasteiger partial charge on any atom is 0.163 e. The van der Waals surface area contributed by atoms with Crippen LogP contribution in [-0.2, 0) is 11.2 Å². The average Bonchev–Trinajstić information content (AvgIpc) is 2.34. The van der Waals surface area contributed by atoms with E-state index in [1.165, 1.54) is 5.56 Å². The Morgan fingerprint density at radius 3 is 2.47 bits per heavy atom. The topological polar surface area (TPSA) is 27.7 Å². The molecular weight excluding hydrogens is 216 g/mol. The van der Waals surface area contributed by atoms with Crippen LogP contribution < -0.4 is 9.47 Å². The lowest BCUT2D eigenvalue weighted by molar-refractivity contribution is 0.170. The van der Waals surface area contributed by atoms with E-state index < -0.39 is 0 Å². The van der Waals surface area contributed by atoms with Crippen molar-refractivity contribution in [2.24, 2.45) is 0 Å². The highest BCUT2D eigenvalue weighted by atomic mass is 16.5. The van der Waals surface area contributed by atoms with Crippen LogP contribution in [0.15, 0.2) is 12.1 Å². The molecule has 96 valence electrons. The summed E-state index contributed by atoms with van der Waals surface area (Å²) in [7, 11) is 3.37. The molecule has 17 heavy (non-hydrogen) atoms. The average molecular weight is 238 g/mol. The molecule has 0 saturated heterocycles. The molecule has 0 spiro atoms. The summed E-state index contributed by atoms with van der Waals surface area (Å²) in [4.78, 5) is 0. The first-order valence-electron chi connectivity index (χ1n) is 6.02. The van der Waals surface area contributed by atoms with Crippen LogP contribution in [0.25, 0.3) is 0 Å². The quantitative estimate of drug-likeness (QED) is 0.683. The Kier molecular flexibility index (Phi) is 5.84. The molecule has 0 heterocycles. The van der Waals surface area contributed by atoms with Crippen LogP contribution in [0.3, 0.4) is 0 Å². The minimum absolute atomic E-state index is 0.650. The van der Waals surface area contributed by atoms with Crippen LogP contribution in [0.5, 0.6) is 11.5 Å². The lowest BCUT2D eigenvalue weighted by atomic mass is 10.1. The van der Waals surface area contributed by atoms with Gasteiger partial charge in [-0.25, -0.2) is 0 Å². The summed E-state index contributed by atoms with van der Waals surface area (Å²) < 4.78 is 16.1. The number of methoxy groups -OCH3 is 2. The Morgan fingerprint density at radius 2 is 1.88 bits per heavy atom. The van der Waals surface area contributed by atoms with Gasteiger partial charge in [0.1, 0.15) is 0 Å². The molecular formula is C14H22O3. The predicted molar refractivity (Wildman–Crippen MR) is 69.1 cm³/mol. The number of benzene rings is 1. The van der Waals surface area contributed by atoms with Crippen molar-refractivity contribution >= 4 is 0 Å². The van der Waals surface area contributed by atoms with Crippen LogP contribution in [0.2, 0.25) is 0 Å². The van der Waals surface area contributed by atoms with E-state index in [2.05, 4.69) is 19.1 Å². The second kappa shape index (κ2) is 7.17. The fraction of sp³-hybridized carbons (Fsp3) is 0.571. The number of ether oxygens (including phenoxy) is 3. The molecule has 0 aliphatic rings. The molecule has 0 radical (unpaired) electrons. The molecule has 0 aromatic heterocycles. The summed E-state index contributed by atoms with van der Waals surface area (Å²) in [5.74, 6) is 1.67. The van der Waals surface area contributed by atoms with Crippen molar-refractivity contribution in [2.45, 2.75) is 26.7 Å². The largest absolute Gasteiger partial charge is 0.493 e. The van der Waals surface area contributed by atoms with E-state index in [9.17, 15) is 0 Å². The zero-order chi connectivity index (χ0) is 12.7. The predicted octanol–water partition coefficient (Wildman–Crippen LogP) is 2.98. The Hall–Kier alpha value is -1.22. The van der Waals surface area contributed by atoms with Crippen molar-refractivity contribution in [3.8, 4) is 11.5 Å². The molecule has 3 heteroatoms. The molecule has 0 aliphatic carbocycles. The van der Waals surface area contributed by atoms with Gasteiger partial charge in [0, 0.05) is 20.1 Å². The van der Waals surface area contributed by atoms with Crippen LogP contribution in [0.4, 0.5) is 0 Å². The van der Waals surface area contributed by atoms with Gasteiger partial charge < -0.3 is 14.2 Å². The number of rotatable bonds is 7. The monoisotopic (exact) mass is 238 g/mol. The summed E-state index contributed by atoms with van der Waals surface area (Å²) in [5.41, 5.74) is 2.39. The van der Waals surface area contributed by atoms with Gasteiger partial charge >= 0.3 is 0 Å². The van der Waals surface area contributed by atoms with Crippen molar-refractivity contribution in [1.29, 1.82) is 0 Å². The Labute approximate surface area is 104 Å². The van der Waals surface area contributed by atoms with E-state index >= 15 is 0 Å². The summed E-state index contributed by atoms with van der Waals surface area (Å²) >= 11 is 0. The van der Waals surface area contributed by atoms with Gasteiger partial charge in [-0.3, -0.25) is 0 Å². The highest BCUT2D eigenvalue weighted by Crippen LogP contribution is 2.32. The second-order valence-corrected chi connectivity index (χ2v) is 3.99. The first-order chi connectivity index (χ1) is 8.22. The third kappa shape index (κ3) is 3.93. The third-order valence-corrected chi connectivity index (χ3v) is 2.66. The molecule has 0 atom stereocenters. The normalized spacial score (nSPS) is 10.4. The number of aryl methyl sites for hydroxylation is 2. The van der Waals surface area contributed by atoms with Crippen molar-refractivity contribution < 1.29 is 14.2 Å². The highest BCUT2D eigenvalue weighted by Gasteiger charge is 2.09. The van der Waals surface area contributed by atoms with E-state index in [0.29, 0.717) is 6.61 Å². The van der Waals surface area contributed by atoms with Gasteiger partial charge in [-0.1, -0.05) is 13.0 Å². The zero-order valence-corrected chi connectivity index (χ0v) is 11.2. The molecule has 3 nitrogen and oxygen atoms in total. The SMILES string of the molecule is CCc1cc(C)c(OC)c(OCCCOC)c1. The van der Waals surface area contributed by atoms with Crippen LogP contribution in [0, 0.1) is 6.92 Å². The van der Waals surface area contributed by atoms with Gasteiger partial charge in [0.2, 0.25) is 0 Å². The van der Waals surface area contributed by atoms with Crippen LogP contribution >= 0.6 is 0 Å². The molecule has 0 N–H and O–H groups in total. The molecule has 0 unspecified atom stereocenters. The summed E-state index contributed by atoms with van der Waals surface area (Å²) in [6.45, 7) is 5.54. The molecule has 0 bridgehead atoms. The molecule has 1 aromatic carbocycles. The maximum absolute atomic E-state index is 5.75. The number of hydrogen-bond donors (Lipinski definition) is 0. The van der Waals surface area contributed by atoms with Gasteiger partial charge in [-0.2, -0.15) is 0 Å². The van der Waals surface area contributed by atoms with Crippen molar-refractivity contribution in [3.63, 3.8) is 0 Å². The summed E-state index contributed by atoms with van der Waals surface area (Å²) in [5, 5.41) is 0. The third-order valence-electron chi connectivity index (χ3n) is 2.66. The minimum Gasteiger partial charge on any atom is -0.493 e. The lowest BCUT2D eigenvalue weighted by Gasteiger charge is -2.14. The van der Waals surface area contributed by atoms with Crippen molar-refractivity contribution in [1.82, 2.24) is 0 Å². The minimum atomic E-state index is 0.650. The lowest BCUT2D eigenvalue weighted by Crippen LogP contribution is -2.04. The van der Waals surface area contributed by atoms with Crippen molar-refractivity contribution in [2.75, 3.05) is 27.4 Å². The first-order valence-corrected chi connectivity index (χ1v) is 6.02. The molecule has 0 amide bonds. The van der Waals surface area contributed by atoms with E-state index in [1.807, 2.05) is 6.92 Å². The van der Waals surface area contributed by atoms with Gasteiger partial charge in [0.25, 0.3) is 0 Å². The summed E-state index contributed by atoms with van der Waals surface area (Å²) in [6, 6.07) is 4.19. The van der Waals surface area contributed by atoms with Gasteiger partial charge in [-0.15, -0.1) is 0 Å². The smallest absolute Gasteiger partial charge is 0.163 e. The maximum atomic E-state index is 5.75. The standard InChI is InChI=1S/C14H22O3/c1-5-12-9-11(2)14(16-4)13(10-12)17-8-6-7-15-3/h9-10H,5-8H2,1-4H3. The zero-order valence-electron chi connectivity index (χ0n) is 11.2. The highest BCUT2D eigenvalue weighted by molar-refractivity contribution is 5.48. The Balaban J connectivity index is 2.76. The van der Waals surface area contributed by atoms with Crippen LogP contribution in [0.1, 0.15) is 24.5 Å². The van der Waals surface area contributed by atoms with Gasteiger partial charge in [0.15, 0.2) is 11.5 Å². The van der Waals surface area contributed by atoms with Gasteiger partial charge in [0.05, 0.1) is 13.7 Å². The fourth-order valence-corrected chi connectivity index (χ4v) is 1.77. The van der Waals surface area contributed by atoms with E-state index in [1.54, 1.807) is 14.2 Å². The molecule has 1 aromatic rings. The summed E-state index contributed by atoms with van der Waals surface area (Å²) in [6.07, 6.45) is 1.88. The molecule has 0 aliphatic heterocycles. The molecule has 1 rings (SSSR count). The second-order valence-electron chi connectivity index (χ2n) is 3.99. The van der Waals surface area contributed by atoms with E-state index in [0.717, 1.165) is 36.5 Å². The van der Waals surface area contributed by atoms with Crippen LogP contribution in [-0.4, -0.2) is 27.4 Å². The fourth-order valence-electron chi connectivity index (χ4n) is 1.77. The number of hydrogen-bond acceptors (Lipinski definition) is 3. The molecule has 0 saturated carbocycles. The first kappa shape index (κ1) is 13.8. The Morgan fingerprint density at radius 1 is 1.12 bits per heavy atom. The Bertz CT molecular complexity index is 348.